The molecule has 0 aliphatic heterocycles. The fourth-order valence-corrected chi connectivity index (χ4v) is 2.71. The molecule has 0 atom stereocenters. The highest BCUT2D eigenvalue weighted by atomic mass is 32.1. The van der Waals surface area contributed by atoms with Crippen molar-refractivity contribution in [1.82, 2.24) is 19.7 Å². The Balaban J connectivity index is 1.85. The molecule has 0 N–H and O–H groups in total. The van der Waals surface area contributed by atoms with E-state index in [1.807, 2.05) is 11.7 Å². The van der Waals surface area contributed by atoms with Gasteiger partial charge in [0, 0.05) is 18.2 Å². The lowest BCUT2D eigenvalue weighted by atomic mass is 10.3. The first-order valence-corrected chi connectivity index (χ1v) is 6.65. The maximum Gasteiger partial charge on any atom is 0.175 e. The molecule has 0 aromatic carbocycles. The van der Waals surface area contributed by atoms with Gasteiger partial charge in [-0.05, 0) is 25.7 Å². The van der Waals surface area contributed by atoms with E-state index in [0.717, 1.165) is 10.7 Å². The van der Waals surface area contributed by atoms with Crippen molar-refractivity contribution in [2.24, 2.45) is 0 Å². The van der Waals surface area contributed by atoms with Gasteiger partial charge in [0.05, 0.1) is 10.4 Å². The number of hydrogen-bond acceptors (Lipinski definition) is 4. The van der Waals surface area contributed by atoms with Crippen LogP contribution in [0.5, 0.6) is 0 Å². The van der Waals surface area contributed by atoms with Gasteiger partial charge in [0.1, 0.15) is 5.82 Å². The first kappa shape index (κ1) is 8.87. The molecule has 0 unspecified atom stereocenters. The molecule has 4 rings (SSSR count). The molecule has 0 saturated heterocycles. The van der Waals surface area contributed by atoms with Gasteiger partial charge in [-0.3, -0.25) is 4.98 Å². The van der Waals surface area contributed by atoms with Crippen LogP contribution in [-0.2, 0) is 0 Å². The lowest BCUT2D eigenvalue weighted by molar-refractivity contribution is 0.690. The Labute approximate surface area is 97.4 Å². The van der Waals surface area contributed by atoms with Gasteiger partial charge >= 0.3 is 0 Å². The van der Waals surface area contributed by atoms with Crippen LogP contribution in [0.4, 0.5) is 0 Å². The molecular weight excluding hydrogens is 220 g/mol. The highest BCUT2D eigenvalue weighted by molar-refractivity contribution is 7.13. The molecule has 82 valence electrons. The summed E-state index contributed by atoms with van der Waals surface area (Å²) in [5, 5.41) is 8.75. The summed E-state index contributed by atoms with van der Waals surface area (Å²) in [4.78, 5) is 5.27. The number of aromatic nitrogens is 4. The molecule has 2 heterocycles. The highest BCUT2D eigenvalue weighted by Gasteiger charge is 2.36. The summed E-state index contributed by atoms with van der Waals surface area (Å²) in [7, 11) is 0. The van der Waals surface area contributed by atoms with E-state index >= 15 is 0 Å². The summed E-state index contributed by atoms with van der Waals surface area (Å²) in [5.41, 5.74) is 1.86. The third-order valence-electron chi connectivity index (χ3n) is 3.23. The van der Waals surface area contributed by atoms with Crippen LogP contribution in [0, 0.1) is 0 Å². The Hall–Kier alpha value is -1.23. The van der Waals surface area contributed by atoms with Crippen LogP contribution in [0.25, 0.3) is 10.7 Å². The van der Waals surface area contributed by atoms with Gasteiger partial charge < -0.3 is 4.57 Å². The minimum atomic E-state index is 0.655. The number of thiazole rings is 1. The smallest absolute Gasteiger partial charge is 0.175 e. The molecule has 0 radical (unpaired) electrons. The average molecular weight is 232 g/mol. The van der Waals surface area contributed by atoms with Crippen molar-refractivity contribution in [2.75, 3.05) is 0 Å². The number of hydrogen-bond donors (Lipinski definition) is 0. The molecule has 2 aromatic rings. The quantitative estimate of drug-likeness (QED) is 0.817. The fourth-order valence-electron chi connectivity index (χ4n) is 2.11. The van der Waals surface area contributed by atoms with Crippen LogP contribution in [0.2, 0.25) is 0 Å². The normalized spacial score (nSPS) is 20.2. The van der Waals surface area contributed by atoms with Crippen LogP contribution in [0.1, 0.15) is 43.5 Å². The maximum atomic E-state index is 4.39. The Kier molecular flexibility index (Phi) is 1.74. The van der Waals surface area contributed by atoms with Crippen molar-refractivity contribution in [3.05, 3.63) is 17.5 Å². The van der Waals surface area contributed by atoms with E-state index in [-0.39, 0.29) is 0 Å². The van der Waals surface area contributed by atoms with Crippen LogP contribution < -0.4 is 0 Å². The molecule has 2 aliphatic rings. The lowest BCUT2D eigenvalue weighted by Gasteiger charge is -2.06. The van der Waals surface area contributed by atoms with E-state index in [1.165, 1.54) is 31.5 Å². The standard InChI is InChI=1S/C11H12N4S/c1-2-7(1)10-13-14-11(9-5-12-6-16-9)15(10)8-3-4-8/h5-8H,1-4H2. The van der Waals surface area contributed by atoms with Crippen molar-refractivity contribution >= 4 is 11.3 Å². The number of nitrogens with zero attached hydrogens (tertiary/aromatic N) is 4. The van der Waals surface area contributed by atoms with Gasteiger partial charge in [-0.25, -0.2) is 0 Å². The third-order valence-corrected chi connectivity index (χ3v) is 4.00. The van der Waals surface area contributed by atoms with Gasteiger partial charge in [-0.2, -0.15) is 0 Å². The second-order valence-corrected chi connectivity index (χ2v) is 5.51. The van der Waals surface area contributed by atoms with Crippen molar-refractivity contribution in [1.29, 1.82) is 0 Å². The molecule has 0 bridgehead atoms. The topological polar surface area (TPSA) is 43.6 Å². The van der Waals surface area contributed by atoms with Gasteiger partial charge in [0.15, 0.2) is 5.82 Å². The Morgan fingerprint density at radius 1 is 1.19 bits per heavy atom. The summed E-state index contributed by atoms with van der Waals surface area (Å²) in [6.07, 6.45) is 7.03. The summed E-state index contributed by atoms with van der Waals surface area (Å²) in [6, 6.07) is 0.655. The molecule has 0 amide bonds. The lowest BCUT2D eigenvalue weighted by Crippen LogP contribution is -2.01. The van der Waals surface area contributed by atoms with E-state index in [9.17, 15) is 0 Å². The maximum absolute atomic E-state index is 4.39. The van der Waals surface area contributed by atoms with Crippen LogP contribution in [0.15, 0.2) is 11.7 Å². The molecular formula is C11H12N4S. The van der Waals surface area contributed by atoms with Crippen molar-refractivity contribution in [3.8, 4) is 10.7 Å². The summed E-state index contributed by atoms with van der Waals surface area (Å²) in [6.45, 7) is 0. The molecule has 16 heavy (non-hydrogen) atoms. The second kappa shape index (κ2) is 3.13. The molecule has 0 spiro atoms. The highest BCUT2D eigenvalue weighted by Crippen LogP contribution is 2.46. The van der Waals surface area contributed by atoms with Crippen LogP contribution >= 0.6 is 11.3 Å². The van der Waals surface area contributed by atoms with E-state index < -0.39 is 0 Å². The molecule has 5 heteroatoms. The molecule has 2 fully saturated rings. The molecule has 2 aliphatic carbocycles. The zero-order valence-corrected chi connectivity index (χ0v) is 9.65. The van der Waals surface area contributed by atoms with Crippen LogP contribution in [0.3, 0.4) is 0 Å². The van der Waals surface area contributed by atoms with Gasteiger partial charge in [-0.1, -0.05) is 0 Å². The zero-order chi connectivity index (χ0) is 10.5. The van der Waals surface area contributed by atoms with Gasteiger partial charge in [-0.15, -0.1) is 21.5 Å². The monoisotopic (exact) mass is 232 g/mol. The fraction of sp³-hybridized carbons (Fsp3) is 0.545. The van der Waals surface area contributed by atoms with Crippen molar-refractivity contribution in [2.45, 2.75) is 37.6 Å². The summed E-state index contributed by atoms with van der Waals surface area (Å²) < 4.78 is 2.37. The van der Waals surface area contributed by atoms with E-state index in [2.05, 4.69) is 19.7 Å². The minimum Gasteiger partial charge on any atom is -0.307 e. The summed E-state index contributed by atoms with van der Waals surface area (Å²) in [5.74, 6) is 2.92. The van der Waals surface area contributed by atoms with Gasteiger partial charge in [0.25, 0.3) is 0 Å². The predicted octanol–water partition coefficient (Wildman–Crippen LogP) is 2.61. The molecule has 4 nitrogen and oxygen atoms in total. The number of rotatable bonds is 3. The van der Waals surface area contributed by atoms with Crippen LogP contribution in [-0.4, -0.2) is 19.7 Å². The van der Waals surface area contributed by atoms with Crippen molar-refractivity contribution < 1.29 is 0 Å². The average Bonchev–Trinajstić information content (AvgIpc) is 3.22. The predicted molar refractivity (Wildman–Crippen MR) is 61.4 cm³/mol. The minimum absolute atomic E-state index is 0.655. The largest absolute Gasteiger partial charge is 0.307 e. The van der Waals surface area contributed by atoms with E-state index in [0.29, 0.717) is 12.0 Å². The van der Waals surface area contributed by atoms with Gasteiger partial charge in [0.2, 0.25) is 0 Å². The molecule has 2 saturated carbocycles. The van der Waals surface area contributed by atoms with E-state index in [4.69, 9.17) is 0 Å². The zero-order valence-electron chi connectivity index (χ0n) is 8.83. The first-order chi connectivity index (χ1) is 7.93. The Morgan fingerprint density at radius 2 is 2.06 bits per heavy atom. The third kappa shape index (κ3) is 1.31. The summed E-state index contributed by atoms with van der Waals surface area (Å²) >= 11 is 1.65. The molecule has 2 aromatic heterocycles. The van der Waals surface area contributed by atoms with E-state index in [1.54, 1.807) is 11.3 Å². The van der Waals surface area contributed by atoms with Crippen molar-refractivity contribution in [3.63, 3.8) is 0 Å². The SMILES string of the molecule is c1ncc(-c2nnc(C3CC3)n2C2CC2)s1. The Morgan fingerprint density at radius 3 is 2.69 bits per heavy atom. The second-order valence-electron chi connectivity index (χ2n) is 4.62. The first-order valence-electron chi connectivity index (χ1n) is 5.77. The Bertz CT molecular complexity index is 508.